The Morgan fingerprint density at radius 3 is 2.75 bits per heavy atom. The van der Waals surface area contributed by atoms with Crippen LogP contribution in [0.5, 0.6) is 5.75 Å². The van der Waals surface area contributed by atoms with Gasteiger partial charge in [-0.25, -0.2) is 4.98 Å². The van der Waals surface area contributed by atoms with E-state index in [9.17, 15) is 4.79 Å². The summed E-state index contributed by atoms with van der Waals surface area (Å²) in [5.41, 5.74) is 1.62. The molecule has 0 fully saturated rings. The first kappa shape index (κ1) is 18.3. The monoisotopic (exact) mass is 412 g/mol. The van der Waals surface area contributed by atoms with Gasteiger partial charge in [0.1, 0.15) is 10.6 Å². The Morgan fingerprint density at radius 2 is 2.04 bits per heavy atom. The summed E-state index contributed by atoms with van der Waals surface area (Å²) in [6.45, 7) is 1.85. The number of carbonyl (C=O) groups is 1. The number of hydrogen-bond donors (Lipinski definition) is 1. The lowest BCUT2D eigenvalue weighted by molar-refractivity contribution is -0.115. The van der Waals surface area contributed by atoms with Crippen molar-refractivity contribution < 1.29 is 14.1 Å². The largest absolute Gasteiger partial charge is 0.497 e. The first-order chi connectivity index (χ1) is 13.6. The summed E-state index contributed by atoms with van der Waals surface area (Å²) in [4.78, 5) is 22.9. The quantitative estimate of drug-likeness (QED) is 0.504. The van der Waals surface area contributed by atoms with E-state index in [1.165, 1.54) is 11.3 Å². The highest BCUT2D eigenvalue weighted by atomic mass is 32.1. The van der Waals surface area contributed by atoms with E-state index in [-0.39, 0.29) is 12.3 Å². The molecule has 0 bridgehead atoms. The molecule has 0 saturated heterocycles. The number of amides is 1. The van der Waals surface area contributed by atoms with Crippen LogP contribution in [0.15, 0.2) is 46.3 Å². The lowest BCUT2D eigenvalue weighted by Crippen LogP contribution is -2.14. The molecule has 0 aliphatic rings. The van der Waals surface area contributed by atoms with E-state index < -0.39 is 0 Å². The summed E-state index contributed by atoms with van der Waals surface area (Å²) >= 11 is 2.86. The Balaban J connectivity index is 1.46. The molecule has 3 aromatic heterocycles. The van der Waals surface area contributed by atoms with Gasteiger partial charge in [0.25, 0.3) is 5.89 Å². The number of ether oxygens (including phenoxy) is 1. The molecule has 7 nitrogen and oxygen atoms in total. The maximum absolute atomic E-state index is 12.3. The molecule has 28 heavy (non-hydrogen) atoms. The van der Waals surface area contributed by atoms with Gasteiger partial charge in [0.2, 0.25) is 11.7 Å². The summed E-state index contributed by atoms with van der Waals surface area (Å²) in [5, 5.41) is 9.32. The standard InChI is InChI=1S/C19H16N4O3S2/c1-11-16(18-22-17(23-26-18)14-4-3-9-27-14)28-19(20-11)21-15(24)10-12-5-7-13(25-2)8-6-12/h3-9H,10H2,1-2H3,(H,20,21,24). The van der Waals surface area contributed by atoms with Crippen molar-refractivity contribution >= 4 is 33.7 Å². The molecule has 0 saturated carbocycles. The van der Waals surface area contributed by atoms with Gasteiger partial charge >= 0.3 is 0 Å². The zero-order chi connectivity index (χ0) is 19.5. The third-order valence-electron chi connectivity index (χ3n) is 3.93. The molecule has 3 heterocycles. The average Bonchev–Trinajstić information content (AvgIpc) is 3.42. The molecule has 1 amide bonds. The van der Waals surface area contributed by atoms with Crippen molar-refractivity contribution in [3.05, 3.63) is 53.0 Å². The minimum atomic E-state index is -0.143. The van der Waals surface area contributed by atoms with Gasteiger partial charge in [0.15, 0.2) is 5.13 Å². The van der Waals surface area contributed by atoms with Crippen molar-refractivity contribution in [1.29, 1.82) is 0 Å². The number of nitrogens with one attached hydrogen (secondary N) is 1. The number of aryl methyl sites for hydroxylation is 1. The summed E-state index contributed by atoms with van der Waals surface area (Å²) in [6.07, 6.45) is 0.251. The number of anilines is 1. The van der Waals surface area contributed by atoms with Gasteiger partial charge in [0, 0.05) is 0 Å². The van der Waals surface area contributed by atoms with E-state index in [1.807, 2.05) is 48.7 Å². The van der Waals surface area contributed by atoms with Gasteiger partial charge in [-0.15, -0.1) is 11.3 Å². The van der Waals surface area contributed by atoms with Gasteiger partial charge in [-0.05, 0) is 36.1 Å². The highest BCUT2D eigenvalue weighted by Gasteiger charge is 2.18. The molecule has 0 radical (unpaired) electrons. The molecule has 4 rings (SSSR count). The smallest absolute Gasteiger partial charge is 0.270 e. The molecule has 1 aromatic carbocycles. The maximum Gasteiger partial charge on any atom is 0.270 e. The van der Waals surface area contributed by atoms with Gasteiger partial charge in [-0.1, -0.05) is 34.7 Å². The van der Waals surface area contributed by atoms with E-state index >= 15 is 0 Å². The van der Waals surface area contributed by atoms with Crippen molar-refractivity contribution in [3.63, 3.8) is 0 Å². The average molecular weight is 412 g/mol. The summed E-state index contributed by atoms with van der Waals surface area (Å²) in [7, 11) is 1.61. The Kier molecular flexibility index (Phi) is 5.18. The fourth-order valence-corrected chi connectivity index (χ4v) is 4.12. The van der Waals surface area contributed by atoms with Crippen LogP contribution in [0.2, 0.25) is 0 Å². The van der Waals surface area contributed by atoms with Gasteiger partial charge in [-0.3, -0.25) is 4.79 Å². The number of hydrogen-bond acceptors (Lipinski definition) is 8. The molecular weight excluding hydrogens is 396 g/mol. The normalized spacial score (nSPS) is 10.8. The number of methoxy groups -OCH3 is 1. The molecule has 0 unspecified atom stereocenters. The van der Waals surface area contributed by atoms with Crippen LogP contribution in [-0.4, -0.2) is 28.1 Å². The Bertz CT molecular complexity index is 1090. The number of rotatable bonds is 6. The zero-order valence-corrected chi connectivity index (χ0v) is 16.8. The Labute approximate surface area is 169 Å². The SMILES string of the molecule is COc1ccc(CC(=O)Nc2nc(C)c(-c3nc(-c4cccs4)no3)s2)cc1. The van der Waals surface area contributed by atoms with Gasteiger partial charge in [0.05, 0.1) is 24.1 Å². The van der Waals surface area contributed by atoms with E-state index in [4.69, 9.17) is 9.26 Å². The van der Waals surface area contributed by atoms with Crippen LogP contribution in [0.3, 0.4) is 0 Å². The first-order valence-electron chi connectivity index (χ1n) is 8.40. The molecule has 0 aliphatic heterocycles. The molecule has 142 valence electrons. The summed E-state index contributed by atoms with van der Waals surface area (Å²) in [5.74, 6) is 1.55. The maximum atomic E-state index is 12.3. The predicted molar refractivity (Wildman–Crippen MR) is 109 cm³/mol. The van der Waals surface area contributed by atoms with Crippen LogP contribution in [-0.2, 0) is 11.2 Å². The van der Waals surface area contributed by atoms with Crippen molar-refractivity contribution in [2.75, 3.05) is 12.4 Å². The first-order valence-corrected chi connectivity index (χ1v) is 10.1. The number of nitrogens with zero attached hydrogens (tertiary/aromatic N) is 3. The minimum absolute atomic E-state index is 0.143. The van der Waals surface area contributed by atoms with Crippen molar-refractivity contribution in [3.8, 4) is 27.2 Å². The highest BCUT2D eigenvalue weighted by Crippen LogP contribution is 2.33. The fraction of sp³-hybridized carbons (Fsp3) is 0.158. The number of benzene rings is 1. The Hall–Kier alpha value is -3.04. The minimum Gasteiger partial charge on any atom is -0.497 e. The number of thiazole rings is 1. The molecule has 0 atom stereocenters. The number of thiophene rings is 1. The predicted octanol–water partition coefficient (Wildman–Crippen LogP) is 4.42. The third-order valence-corrected chi connectivity index (χ3v) is 5.86. The number of carbonyl (C=O) groups excluding carboxylic acids is 1. The summed E-state index contributed by atoms with van der Waals surface area (Å²) < 4.78 is 10.5. The van der Waals surface area contributed by atoms with Crippen LogP contribution in [0.25, 0.3) is 21.5 Å². The van der Waals surface area contributed by atoms with E-state index in [1.54, 1.807) is 18.4 Å². The topological polar surface area (TPSA) is 90.1 Å². The second kappa shape index (κ2) is 7.91. The lowest BCUT2D eigenvalue weighted by atomic mass is 10.1. The molecular formula is C19H16N4O3S2. The molecule has 9 heteroatoms. The summed E-state index contributed by atoms with van der Waals surface area (Å²) in [6, 6.07) is 11.3. The Morgan fingerprint density at radius 1 is 1.21 bits per heavy atom. The molecule has 0 aliphatic carbocycles. The van der Waals surface area contributed by atoms with Crippen LogP contribution < -0.4 is 10.1 Å². The van der Waals surface area contributed by atoms with Crippen LogP contribution in [0.1, 0.15) is 11.3 Å². The van der Waals surface area contributed by atoms with Gasteiger partial charge in [-0.2, -0.15) is 4.98 Å². The van der Waals surface area contributed by atoms with Crippen molar-refractivity contribution in [2.24, 2.45) is 0 Å². The van der Waals surface area contributed by atoms with Crippen molar-refractivity contribution in [2.45, 2.75) is 13.3 Å². The van der Waals surface area contributed by atoms with E-state index in [2.05, 4.69) is 20.4 Å². The van der Waals surface area contributed by atoms with E-state index in [0.29, 0.717) is 16.8 Å². The number of aromatic nitrogens is 3. The zero-order valence-electron chi connectivity index (χ0n) is 15.1. The molecule has 4 aromatic rings. The lowest BCUT2D eigenvalue weighted by Gasteiger charge is -2.03. The third kappa shape index (κ3) is 3.95. The van der Waals surface area contributed by atoms with Crippen LogP contribution in [0, 0.1) is 6.92 Å². The molecule has 1 N–H and O–H groups in total. The van der Waals surface area contributed by atoms with Gasteiger partial charge < -0.3 is 14.6 Å². The molecule has 0 spiro atoms. The van der Waals surface area contributed by atoms with Crippen LogP contribution >= 0.6 is 22.7 Å². The van der Waals surface area contributed by atoms with E-state index in [0.717, 1.165) is 26.8 Å². The fourth-order valence-electron chi connectivity index (χ4n) is 2.56. The second-order valence-corrected chi connectivity index (χ2v) is 7.85. The van der Waals surface area contributed by atoms with Crippen molar-refractivity contribution in [1.82, 2.24) is 15.1 Å². The second-order valence-electron chi connectivity index (χ2n) is 5.91. The highest BCUT2D eigenvalue weighted by molar-refractivity contribution is 7.19. The van der Waals surface area contributed by atoms with Crippen LogP contribution in [0.4, 0.5) is 5.13 Å².